The molecule has 2 aliphatic heterocycles. The summed E-state index contributed by atoms with van der Waals surface area (Å²) in [4.78, 5) is 14.7. The monoisotopic (exact) mass is 460 g/mol. The summed E-state index contributed by atoms with van der Waals surface area (Å²) in [6.07, 6.45) is -2.25. The van der Waals surface area contributed by atoms with Crippen molar-refractivity contribution < 1.29 is 27.4 Å². The normalized spacial score (nSPS) is 22.2. The van der Waals surface area contributed by atoms with Crippen molar-refractivity contribution in [1.29, 1.82) is 5.26 Å². The van der Waals surface area contributed by atoms with Gasteiger partial charge in [0.2, 0.25) is 0 Å². The van der Waals surface area contributed by atoms with Crippen molar-refractivity contribution in [3.63, 3.8) is 0 Å². The van der Waals surface area contributed by atoms with Crippen LogP contribution in [0.15, 0.2) is 30.3 Å². The zero-order valence-corrected chi connectivity index (χ0v) is 18.2. The molecule has 2 fully saturated rings. The van der Waals surface area contributed by atoms with Gasteiger partial charge >= 0.3 is 12.1 Å². The molecule has 7 nitrogen and oxygen atoms in total. The van der Waals surface area contributed by atoms with Gasteiger partial charge in [-0.25, -0.2) is 4.79 Å². The van der Waals surface area contributed by atoms with Crippen molar-refractivity contribution in [1.82, 2.24) is 10.2 Å². The Morgan fingerprint density at radius 1 is 1.15 bits per heavy atom. The Hall–Kier alpha value is -3.35. The smallest absolute Gasteiger partial charge is 0.416 e. The Labute approximate surface area is 189 Å². The third-order valence-electron chi connectivity index (χ3n) is 5.88. The number of alkyl halides is 3. The first kappa shape index (κ1) is 22.8. The van der Waals surface area contributed by atoms with E-state index < -0.39 is 23.8 Å². The average Bonchev–Trinajstić information content (AvgIpc) is 3.03. The van der Waals surface area contributed by atoms with E-state index in [9.17, 15) is 18.0 Å². The average molecular weight is 460 g/mol. The highest BCUT2D eigenvalue weighted by Crippen LogP contribution is 2.40. The molecule has 4 rings (SSSR count). The molecule has 0 saturated carbocycles. The molecule has 2 bridgehead atoms. The number of esters is 1. The lowest BCUT2D eigenvalue weighted by atomic mass is 9.99. The molecular formula is C23H23F3N4O3. The summed E-state index contributed by atoms with van der Waals surface area (Å²) < 4.78 is 50.9. The lowest BCUT2D eigenvalue weighted by Crippen LogP contribution is -2.47. The number of halogens is 3. The van der Waals surface area contributed by atoms with Crippen LogP contribution in [-0.4, -0.2) is 40.5 Å². The van der Waals surface area contributed by atoms with E-state index in [0.717, 1.165) is 25.0 Å². The Bertz CT molecular complexity index is 1050. The van der Waals surface area contributed by atoms with Gasteiger partial charge < -0.3 is 14.4 Å². The van der Waals surface area contributed by atoms with Gasteiger partial charge in [0.25, 0.3) is 0 Å². The van der Waals surface area contributed by atoms with Gasteiger partial charge in [-0.2, -0.15) is 18.4 Å². The second kappa shape index (κ2) is 8.89. The van der Waals surface area contributed by atoms with E-state index in [-0.39, 0.29) is 35.2 Å². The Morgan fingerprint density at radius 3 is 2.39 bits per heavy atom. The largest absolute Gasteiger partial charge is 0.489 e. The number of hydrogen-bond donors (Lipinski definition) is 0. The van der Waals surface area contributed by atoms with Gasteiger partial charge in [-0.1, -0.05) is 0 Å². The van der Waals surface area contributed by atoms with Gasteiger partial charge in [0.1, 0.15) is 23.5 Å². The summed E-state index contributed by atoms with van der Waals surface area (Å²) in [5.74, 6) is -0.0697. The first-order chi connectivity index (χ1) is 15.7. The van der Waals surface area contributed by atoms with Gasteiger partial charge in [0.05, 0.1) is 11.7 Å². The van der Waals surface area contributed by atoms with Crippen LogP contribution in [0.1, 0.15) is 61.1 Å². The highest BCUT2D eigenvalue weighted by Gasteiger charge is 2.43. The van der Waals surface area contributed by atoms with Crippen molar-refractivity contribution in [3.05, 3.63) is 47.2 Å². The van der Waals surface area contributed by atoms with Crippen LogP contribution >= 0.6 is 0 Å². The van der Waals surface area contributed by atoms with Crippen LogP contribution in [0.25, 0.3) is 0 Å². The summed E-state index contributed by atoms with van der Waals surface area (Å²) in [6.45, 7) is 3.26. The molecule has 1 aromatic heterocycles. The zero-order chi connectivity index (χ0) is 23.8. The van der Waals surface area contributed by atoms with Crippen LogP contribution in [0.5, 0.6) is 5.75 Å². The Balaban J connectivity index is 1.54. The minimum Gasteiger partial charge on any atom is -0.489 e. The molecule has 0 spiro atoms. The van der Waals surface area contributed by atoms with Gasteiger partial charge in [0.15, 0.2) is 11.5 Å². The van der Waals surface area contributed by atoms with Gasteiger partial charge in [-0.3, -0.25) is 0 Å². The number of anilines is 1. The van der Waals surface area contributed by atoms with E-state index in [1.54, 1.807) is 26.0 Å². The molecular weight excluding hydrogens is 437 g/mol. The second-order valence-corrected chi connectivity index (χ2v) is 8.55. The molecule has 3 atom stereocenters. The van der Waals surface area contributed by atoms with Crippen LogP contribution in [0.4, 0.5) is 19.0 Å². The van der Waals surface area contributed by atoms with Crippen LogP contribution in [0, 0.1) is 11.3 Å². The molecule has 174 valence electrons. The summed E-state index contributed by atoms with van der Waals surface area (Å²) >= 11 is 0. The maximum atomic E-state index is 13.2. The van der Waals surface area contributed by atoms with Crippen molar-refractivity contribution in [2.75, 3.05) is 4.90 Å². The van der Waals surface area contributed by atoms with Crippen molar-refractivity contribution >= 4 is 11.8 Å². The van der Waals surface area contributed by atoms with E-state index in [1.807, 2.05) is 6.07 Å². The fourth-order valence-electron chi connectivity index (χ4n) is 4.55. The van der Waals surface area contributed by atoms with Crippen LogP contribution < -0.4 is 9.64 Å². The first-order valence-corrected chi connectivity index (χ1v) is 10.8. The minimum absolute atomic E-state index is 0.0877. The molecule has 0 amide bonds. The molecule has 0 unspecified atom stereocenters. The number of piperidine rings is 1. The molecule has 0 aliphatic carbocycles. The van der Waals surface area contributed by atoms with E-state index in [0.29, 0.717) is 18.7 Å². The van der Waals surface area contributed by atoms with E-state index >= 15 is 0 Å². The predicted molar refractivity (Wildman–Crippen MR) is 112 cm³/mol. The van der Waals surface area contributed by atoms with Crippen LogP contribution in [0.2, 0.25) is 0 Å². The lowest BCUT2D eigenvalue weighted by Gasteiger charge is -2.39. The fraction of sp³-hybridized carbons (Fsp3) is 0.478. The molecule has 1 aromatic carbocycles. The number of rotatable bonds is 5. The van der Waals surface area contributed by atoms with E-state index in [2.05, 4.69) is 15.1 Å². The highest BCUT2D eigenvalue weighted by molar-refractivity contribution is 5.93. The molecule has 0 radical (unpaired) electrons. The highest BCUT2D eigenvalue weighted by atomic mass is 19.4. The number of nitriles is 1. The summed E-state index contributed by atoms with van der Waals surface area (Å²) in [6, 6.07) is 8.48. The molecule has 2 aromatic rings. The standard InChI is InChI=1S/C23H23F3N4O3/c1-13(2)32-22(31)19-9-14(23(24,25)26)3-7-20(19)33-18-10-16-5-6-17(11-18)30(16)21-8-4-15(12-27)28-29-21/h3-4,7-9,13,16-18H,5-6,10-11H2,1-2H3/t16-,17+,18+. The third-order valence-corrected chi connectivity index (χ3v) is 5.88. The fourth-order valence-corrected chi connectivity index (χ4v) is 4.55. The molecule has 2 saturated heterocycles. The maximum absolute atomic E-state index is 13.2. The number of benzene rings is 1. The molecule has 3 heterocycles. The lowest BCUT2D eigenvalue weighted by molar-refractivity contribution is -0.137. The second-order valence-electron chi connectivity index (χ2n) is 8.55. The van der Waals surface area contributed by atoms with Gasteiger partial charge in [-0.05, 0) is 57.0 Å². The van der Waals surface area contributed by atoms with Crippen molar-refractivity contribution in [2.45, 2.75) is 70.0 Å². The number of fused-ring (bicyclic) bond motifs is 2. The van der Waals surface area contributed by atoms with Crippen LogP contribution in [0.3, 0.4) is 0 Å². The van der Waals surface area contributed by atoms with Gasteiger partial charge in [-0.15, -0.1) is 10.2 Å². The van der Waals surface area contributed by atoms with Crippen LogP contribution in [-0.2, 0) is 10.9 Å². The minimum atomic E-state index is -4.59. The number of ether oxygens (including phenoxy) is 2. The summed E-state index contributed by atoms with van der Waals surface area (Å²) in [7, 11) is 0. The molecule has 33 heavy (non-hydrogen) atoms. The Morgan fingerprint density at radius 2 is 1.85 bits per heavy atom. The maximum Gasteiger partial charge on any atom is 0.416 e. The number of carbonyl (C=O) groups is 1. The van der Waals surface area contributed by atoms with E-state index in [4.69, 9.17) is 14.7 Å². The molecule has 2 aliphatic rings. The number of nitrogens with zero attached hydrogens (tertiary/aromatic N) is 4. The summed E-state index contributed by atoms with van der Waals surface area (Å²) in [5.41, 5.74) is -0.918. The number of hydrogen-bond acceptors (Lipinski definition) is 7. The SMILES string of the molecule is CC(C)OC(=O)c1cc(C(F)(F)F)ccc1O[C@H]1C[C@H]2CC[C@@H](C1)N2c1ccc(C#N)nn1. The van der Waals surface area contributed by atoms with Crippen molar-refractivity contribution in [3.8, 4) is 11.8 Å². The molecule has 10 heteroatoms. The topological polar surface area (TPSA) is 88.3 Å². The zero-order valence-electron chi connectivity index (χ0n) is 18.2. The molecule has 0 N–H and O–H groups in total. The summed E-state index contributed by atoms with van der Waals surface area (Å²) in [5, 5.41) is 17.0. The predicted octanol–water partition coefficient (Wildman–Crippen LogP) is 4.51. The quantitative estimate of drug-likeness (QED) is 0.607. The van der Waals surface area contributed by atoms with Gasteiger partial charge in [0, 0.05) is 24.9 Å². The first-order valence-electron chi connectivity index (χ1n) is 10.8. The van der Waals surface area contributed by atoms with Crippen molar-refractivity contribution in [2.24, 2.45) is 0 Å². The number of carbonyl (C=O) groups excluding carboxylic acids is 1. The number of aromatic nitrogens is 2. The van der Waals surface area contributed by atoms with E-state index in [1.165, 1.54) is 6.07 Å². The third kappa shape index (κ3) is 4.87. The Kier molecular flexibility index (Phi) is 6.15.